The van der Waals surface area contributed by atoms with E-state index in [0.29, 0.717) is 6.04 Å². The average Bonchev–Trinajstić information content (AvgIpc) is 3.21. The first-order valence-corrected chi connectivity index (χ1v) is 8.07. The van der Waals surface area contributed by atoms with Crippen molar-refractivity contribution in [2.75, 3.05) is 19.7 Å². The zero-order valence-electron chi connectivity index (χ0n) is 11.4. The molecule has 4 heterocycles. The van der Waals surface area contributed by atoms with Gasteiger partial charge in [0.2, 0.25) is 0 Å². The van der Waals surface area contributed by atoms with Gasteiger partial charge in [0.1, 0.15) is 0 Å². The van der Waals surface area contributed by atoms with Crippen LogP contribution in [0.3, 0.4) is 0 Å². The normalized spacial score (nSPS) is 30.5. The standard InChI is InChI=1S/C15H19N3OS/c1-2-14(20-7-1)9-17-5-3-15(11-17)8-13(10-19-15)18-6-4-16-12-18/h1-2,4,6-7,12-13H,3,5,8-11H2. The second-order valence-electron chi connectivity index (χ2n) is 5.90. The van der Waals surface area contributed by atoms with Crippen molar-refractivity contribution in [3.63, 3.8) is 0 Å². The lowest BCUT2D eigenvalue weighted by Crippen LogP contribution is -2.32. The number of rotatable bonds is 3. The third-order valence-corrected chi connectivity index (χ3v) is 5.35. The van der Waals surface area contributed by atoms with Crippen LogP contribution in [0.5, 0.6) is 0 Å². The summed E-state index contributed by atoms with van der Waals surface area (Å²) in [7, 11) is 0. The quantitative estimate of drug-likeness (QED) is 0.870. The Morgan fingerprint density at radius 2 is 2.50 bits per heavy atom. The third-order valence-electron chi connectivity index (χ3n) is 4.49. The molecule has 0 radical (unpaired) electrons. The van der Waals surface area contributed by atoms with E-state index in [1.807, 2.05) is 30.1 Å². The SMILES string of the molecule is c1csc(CN2CCC3(CC(n4ccnc4)CO3)C2)c1. The number of hydrogen-bond acceptors (Lipinski definition) is 4. The summed E-state index contributed by atoms with van der Waals surface area (Å²) in [5, 5.41) is 2.16. The van der Waals surface area contributed by atoms with Crippen molar-refractivity contribution in [3.8, 4) is 0 Å². The van der Waals surface area contributed by atoms with Crippen molar-refractivity contribution < 1.29 is 4.74 Å². The lowest BCUT2D eigenvalue weighted by Gasteiger charge is -2.23. The van der Waals surface area contributed by atoms with Crippen LogP contribution in [-0.2, 0) is 11.3 Å². The maximum absolute atomic E-state index is 6.20. The molecule has 0 saturated carbocycles. The van der Waals surface area contributed by atoms with Crippen molar-refractivity contribution in [3.05, 3.63) is 41.1 Å². The summed E-state index contributed by atoms with van der Waals surface area (Å²) in [5.41, 5.74) is 0.0756. The molecule has 4 rings (SSSR count). The van der Waals surface area contributed by atoms with E-state index in [0.717, 1.165) is 39.1 Å². The number of aromatic nitrogens is 2. The molecule has 2 atom stereocenters. The summed E-state index contributed by atoms with van der Waals surface area (Å²) in [6.07, 6.45) is 8.08. The first-order chi connectivity index (χ1) is 9.83. The molecule has 2 aliphatic heterocycles. The van der Waals surface area contributed by atoms with E-state index in [9.17, 15) is 0 Å². The number of nitrogens with zero attached hydrogens (tertiary/aromatic N) is 3. The predicted molar refractivity (Wildman–Crippen MR) is 78.8 cm³/mol. The molecule has 2 aromatic heterocycles. The van der Waals surface area contributed by atoms with E-state index >= 15 is 0 Å². The Bertz CT molecular complexity index is 554. The largest absolute Gasteiger partial charge is 0.371 e. The van der Waals surface area contributed by atoms with Crippen LogP contribution < -0.4 is 0 Å². The van der Waals surface area contributed by atoms with E-state index in [2.05, 4.69) is 32.0 Å². The van der Waals surface area contributed by atoms with E-state index in [1.165, 1.54) is 4.88 Å². The van der Waals surface area contributed by atoms with Gasteiger partial charge in [0.15, 0.2) is 0 Å². The van der Waals surface area contributed by atoms with Gasteiger partial charge < -0.3 is 9.30 Å². The Kier molecular flexibility index (Phi) is 3.13. The van der Waals surface area contributed by atoms with Crippen LogP contribution in [0.2, 0.25) is 0 Å². The Balaban J connectivity index is 1.40. The minimum Gasteiger partial charge on any atom is -0.371 e. The van der Waals surface area contributed by atoms with Gasteiger partial charge in [-0.15, -0.1) is 11.3 Å². The molecule has 0 bridgehead atoms. The average molecular weight is 289 g/mol. The van der Waals surface area contributed by atoms with Gasteiger partial charge in [-0.25, -0.2) is 4.98 Å². The zero-order valence-corrected chi connectivity index (χ0v) is 12.3. The van der Waals surface area contributed by atoms with Gasteiger partial charge in [0.05, 0.1) is 24.6 Å². The fraction of sp³-hybridized carbons (Fsp3) is 0.533. The second-order valence-corrected chi connectivity index (χ2v) is 6.93. The van der Waals surface area contributed by atoms with Gasteiger partial charge in [0.25, 0.3) is 0 Å². The molecule has 2 aromatic rings. The lowest BCUT2D eigenvalue weighted by molar-refractivity contribution is 0.0113. The first-order valence-electron chi connectivity index (χ1n) is 7.19. The fourth-order valence-corrected chi connectivity index (χ4v) is 4.21. The molecular weight excluding hydrogens is 270 g/mol. The molecule has 106 valence electrons. The summed E-state index contributed by atoms with van der Waals surface area (Å²) >= 11 is 1.84. The molecule has 0 amide bonds. The number of ether oxygens (including phenoxy) is 1. The highest BCUT2D eigenvalue weighted by Gasteiger charge is 2.45. The van der Waals surface area contributed by atoms with E-state index in [1.54, 1.807) is 0 Å². The molecule has 5 heteroatoms. The van der Waals surface area contributed by atoms with Crippen LogP contribution in [0.15, 0.2) is 36.2 Å². The minimum atomic E-state index is 0.0756. The smallest absolute Gasteiger partial charge is 0.0949 e. The monoisotopic (exact) mass is 289 g/mol. The Hall–Kier alpha value is -1.17. The van der Waals surface area contributed by atoms with E-state index < -0.39 is 0 Å². The fourth-order valence-electron chi connectivity index (χ4n) is 3.47. The highest BCUT2D eigenvalue weighted by molar-refractivity contribution is 7.09. The Labute approximate surface area is 123 Å². The maximum atomic E-state index is 6.20. The minimum absolute atomic E-state index is 0.0756. The molecule has 2 unspecified atom stereocenters. The van der Waals surface area contributed by atoms with Crippen molar-refractivity contribution >= 4 is 11.3 Å². The molecule has 0 N–H and O–H groups in total. The number of hydrogen-bond donors (Lipinski definition) is 0. The maximum Gasteiger partial charge on any atom is 0.0949 e. The molecule has 20 heavy (non-hydrogen) atoms. The van der Waals surface area contributed by atoms with Crippen LogP contribution in [0.4, 0.5) is 0 Å². The van der Waals surface area contributed by atoms with Crippen molar-refractivity contribution in [1.82, 2.24) is 14.5 Å². The van der Waals surface area contributed by atoms with Crippen LogP contribution >= 0.6 is 11.3 Å². The molecule has 1 spiro atoms. The molecule has 4 nitrogen and oxygen atoms in total. The first kappa shape index (κ1) is 12.6. The van der Waals surface area contributed by atoms with E-state index in [-0.39, 0.29) is 5.60 Å². The van der Waals surface area contributed by atoms with Gasteiger partial charge in [0, 0.05) is 43.3 Å². The van der Waals surface area contributed by atoms with Gasteiger partial charge in [-0.1, -0.05) is 6.07 Å². The van der Waals surface area contributed by atoms with Crippen molar-refractivity contribution in [1.29, 1.82) is 0 Å². The number of thiophene rings is 1. The highest BCUT2D eigenvalue weighted by Crippen LogP contribution is 2.40. The predicted octanol–water partition coefficient (Wildman–Crippen LogP) is 2.55. The van der Waals surface area contributed by atoms with Gasteiger partial charge >= 0.3 is 0 Å². The molecule has 2 aliphatic rings. The van der Waals surface area contributed by atoms with Crippen molar-refractivity contribution in [2.45, 2.75) is 31.0 Å². The zero-order chi connectivity index (χ0) is 13.4. The third kappa shape index (κ3) is 2.30. The lowest BCUT2D eigenvalue weighted by atomic mass is 9.97. The Morgan fingerprint density at radius 1 is 1.50 bits per heavy atom. The summed E-state index contributed by atoms with van der Waals surface area (Å²) in [6.45, 7) is 4.10. The second kappa shape index (κ2) is 4.98. The summed E-state index contributed by atoms with van der Waals surface area (Å²) in [4.78, 5) is 8.13. The highest BCUT2D eigenvalue weighted by atomic mass is 32.1. The van der Waals surface area contributed by atoms with Gasteiger partial charge in [-0.2, -0.15) is 0 Å². The molecule has 0 aromatic carbocycles. The van der Waals surface area contributed by atoms with Crippen LogP contribution in [-0.4, -0.2) is 39.7 Å². The van der Waals surface area contributed by atoms with Crippen LogP contribution in [0, 0.1) is 0 Å². The summed E-state index contributed by atoms with van der Waals surface area (Å²) in [6, 6.07) is 4.81. The number of likely N-dealkylation sites (tertiary alicyclic amines) is 1. The summed E-state index contributed by atoms with van der Waals surface area (Å²) < 4.78 is 8.39. The van der Waals surface area contributed by atoms with Gasteiger partial charge in [-0.3, -0.25) is 4.90 Å². The summed E-state index contributed by atoms with van der Waals surface area (Å²) in [5.74, 6) is 0. The molecule has 0 aliphatic carbocycles. The van der Waals surface area contributed by atoms with Crippen molar-refractivity contribution in [2.24, 2.45) is 0 Å². The molecule has 2 fully saturated rings. The molecular formula is C15H19N3OS. The molecule has 2 saturated heterocycles. The van der Waals surface area contributed by atoms with Gasteiger partial charge in [-0.05, 0) is 17.9 Å². The number of imidazole rings is 1. The van der Waals surface area contributed by atoms with Crippen LogP contribution in [0.25, 0.3) is 0 Å². The van der Waals surface area contributed by atoms with Crippen LogP contribution in [0.1, 0.15) is 23.8 Å². The Morgan fingerprint density at radius 3 is 3.30 bits per heavy atom. The van der Waals surface area contributed by atoms with E-state index in [4.69, 9.17) is 4.74 Å². The topological polar surface area (TPSA) is 30.3 Å².